The van der Waals surface area contributed by atoms with Gasteiger partial charge in [0.05, 0.1) is 20.8 Å². The van der Waals surface area contributed by atoms with Gasteiger partial charge in [0.15, 0.2) is 0 Å². The summed E-state index contributed by atoms with van der Waals surface area (Å²) >= 11 is 9.09. The Kier molecular flexibility index (Phi) is 4.34. The van der Waals surface area contributed by atoms with Crippen LogP contribution >= 0.6 is 27.5 Å². The van der Waals surface area contributed by atoms with Crippen LogP contribution in [0.25, 0.3) is 0 Å². The number of hydrogen-bond donors (Lipinski definition) is 2. The summed E-state index contributed by atoms with van der Waals surface area (Å²) in [5, 5.41) is 15.9. The third kappa shape index (κ3) is 3.08. The maximum atomic E-state index is 12.3. The number of rotatable bonds is 3. The van der Waals surface area contributed by atoms with Gasteiger partial charge in [-0.3, -0.25) is 9.48 Å². The van der Waals surface area contributed by atoms with Crippen molar-refractivity contribution < 1.29 is 14.7 Å². The second kappa shape index (κ2) is 5.87. The third-order valence-electron chi connectivity index (χ3n) is 2.82. The van der Waals surface area contributed by atoms with Gasteiger partial charge in [-0.25, -0.2) is 4.79 Å². The summed E-state index contributed by atoms with van der Waals surface area (Å²) in [6.07, 6.45) is 0. The summed E-state index contributed by atoms with van der Waals surface area (Å²) in [5.74, 6) is -1.56. The number of carbonyl (C=O) groups is 2. The highest BCUT2D eigenvalue weighted by Crippen LogP contribution is 2.24. The average molecular weight is 373 g/mol. The number of amides is 1. The minimum atomic E-state index is -1.16. The molecule has 110 valence electrons. The molecule has 0 atom stereocenters. The van der Waals surface area contributed by atoms with Gasteiger partial charge >= 0.3 is 5.97 Å². The number of carboxylic acids is 1. The largest absolute Gasteiger partial charge is 0.478 e. The molecule has 21 heavy (non-hydrogen) atoms. The fourth-order valence-corrected chi connectivity index (χ4v) is 2.55. The molecule has 0 aliphatic heterocycles. The molecule has 6 nitrogen and oxygen atoms in total. The van der Waals surface area contributed by atoms with Gasteiger partial charge in [0.25, 0.3) is 5.91 Å². The fourth-order valence-electron chi connectivity index (χ4n) is 1.84. The van der Waals surface area contributed by atoms with Crippen LogP contribution in [0.3, 0.4) is 0 Å². The van der Waals surface area contributed by atoms with E-state index in [-0.39, 0.29) is 10.6 Å². The lowest BCUT2D eigenvalue weighted by molar-refractivity contribution is 0.0696. The first-order valence-corrected chi connectivity index (χ1v) is 7.01. The number of carboxylic acid groups (broad SMARTS) is 1. The van der Waals surface area contributed by atoms with Crippen LogP contribution in [-0.4, -0.2) is 26.8 Å². The van der Waals surface area contributed by atoms with Crippen molar-refractivity contribution in [3.8, 4) is 0 Å². The maximum Gasteiger partial charge on any atom is 0.337 e. The summed E-state index contributed by atoms with van der Waals surface area (Å²) in [6.45, 7) is 1.77. The number of benzene rings is 1. The number of carbonyl (C=O) groups excluding carboxylic acids is 1. The summed E-state index contributed by atoms with van der Waals surface area (Å²) in [7, 11) is 1.65. The molecule has 1 amide bonds. The van der Waals surface area contributed by atoms with Crippen LogP contribution in [0.5, 0.6) is 0 Å². The molecule has 0 saturated heterocycles. The van der Waals surface area contributed by atoms with Crippen molar-refractivity contribution in [1.29, 1.82) is 0 Å². The molecule has 2 rings (SSSR count). The van der Waals surface area contributed by atoms with E-state index < -0.39 is 11.9 Å². The van der Waals surface area contributed by atoms with Gasteiger partial charge in [-0.1, -0.05) is 11.6 Å². The number of halogens is 2. The maximum absolute atomic E-state index is 12.3. The first-order chi connectivity index (χ1) is 9.81. The van der Waals surface area contributed by atoms with Crippen molar-refractivity contribution in [2.75, 3.05) is 5.32 Å². The monoisotopic (exact) mass is 371 g/mol. The number of nitrogens with zero attached hydrogens (tertiary/aromatic N) is 2. The molecule has 0 radical (unpaired) electrons. The van der Waals surface area contributed by atoms with E-state index in [1.807, 2.05) is 0 Å². The Balaban J connectivity index is 2.32. The molecule has 1 heterocycles. The van der Waals surface area contributed by atoms with Crippen molar-refractivity contribution in [3.05, 3.63) is 44.6 Å². The zero-order chi connectivity index (χ0) is 15.7. The van der Waals surface area contributed by atoms with Crippen molar-refractivity contribution >= 4 is 45.1 Å². The SMILES string of the molecule is Cc1nn(C)c(C(=O)Nc2ccc(Cl)c(C(=O)O)c2)c1Br. The Morgan fingerprint density at radius 3 is 2.62 bits per heavy atom. The summed E-state index contributed by atoms with van der Waals surface area (Å²) < 4.78 is 2.04. The van der Waals surface area contributed by atoms with Crippen LogP contribution in [-0.2, 0) is 7.05 Å². The molecule has 0 spiro atoms. The predicted octanol–water partition coefficient (Wildman–Crippen LogP) is 3.09. The van der Waals surface area contributed by atoms with Gasteiger partial charge in [-0.2, -0.15) is 5.10 Å². The van der Waals surface area contributed by atoms with Crippen molar-refractivity contribution in [1.82, 2.24) is 9.78 Å². The first kappa shape index (κ1) is 15.5. The Hall–Kier alpha value is -1.86. The highest BCUT2D eigenvalue weighted by atomic mass is 79.9. The van der Waals surface area contributed by atoms with Crippen LogP contribution in [0, 0.1) is 6.92 Å². The van der Waals surface area contributed by atoms with E-state index in [1.165, 1.54) is 22.9 Å². The number of aromatic carboxylic acids is 1. The van der Waals surface area contributed by atoms with Gasteiger partial charge < -0.3 is 10.4 Å². The van der Waals surface area contributed by atoms with E-state index >= 15 is 0 Å². The second-order valence-corrected chi connectivity index (χ2v) is 5.53. The van der Waals surface area contributed by atoms with E-state index in [1.54, 1.807) is 14.0 Å². The topological polar surface area (TPSA) is 84.2 Å². The molecule has 0 fully saturated rings. The standard InChI is InChI=1S/C13H11BrClN3O3/c1-6-10(14)11(18(2)17-6)12(19)16-7-3-4-9(15)8(5-7)13(20)21/h3-5H,1-2H3,(H,16,19)(H,20,21). The number of nitrogens with one attached hydrogen (secondary N) is 1. The van der Waals surface area contributed by atoms with E-state index in [9.17, 15) is 9.59 Å². The van der Waals surface area contributed by atoms with Crippen LogP contribution in [0.1, 0.15) is 26.5 Å². The smallest absolute Gasteiger partial charge is 0.337 e. The van der Waals surface area contributed by atoms with Gasteiger partial charge in [0.1, 0.15) is 5.69 Å². The highest BCUT2D eigenvalue weighted by molar-refractivity contribution is 9.10. The molecule has 0 unspecified atom stereocenters. The molecule has 1 aromatic carbocycles. The van der Waals surface area contributed by atoms with Crippen LogP contribution in [0.15, 0.2) is 22.7 Å². The molecule has 8 heteroatoms. The van der Waals surface area contributed by atoms with Crippen molar-refractivity contribution in [2.45, 2.75) is 6.92 Å². The summed E-state index contributed by atoms with van der Waals surface area (Å²) in [5.41, 5.74) is 1.30. The summed E-state index contributed by atoms with van der Waals surface area (Å²) in [4.78, 5) is 23.3. The Bertz CT molecular complexity index is 743. The fraction of sp³-hybridized carbons (Fsp3) is 0.154. The normalized spacial score (nSPS) is 10.5. The molecule has 0 aliphatic rings. The van der Waals surface area contributed by atoms with E-state index in [0.29, 0.717) is 21.5 Å². The lowest BCUT2D eigenvalue weighted by atomic mass is 10.2. The number of aromatic nitrogens is 2. The van der Waals surface area contributed by atoms with Crippen LogP contribution in [0.4, 0.5) is 5.69 Å². The van der Waals surface area contributed by atoms with Gasteiger partial charge in [-0.15, -0.1) is 0 Å². The Morgan fingerprint density at radius 2 is 2.10 bits per heavy atom. The molecule has 1 aromatic heterocycles. The lowest BCUT2D eigenvalue weighted by Crippen LogP contribution is -2.17. The number of aryl methyl sites for hydroxylation is 2. The average Bonchev–Trinajstić information content (AvgIpc) is 2.65. The van der Waals surface area contributed by atoms with Gasteiger partial charge in [-0.05, 0) is 41.1 Å². The molecule has 0 bridgehead atoms. The van der Waals surface area contributed by atoms with Gasteiger partial charge in [0, 0.05) is 12.7 Å². The molecular weight excluding hydrogens is 362 g/mol. The second-order valence-electron chi connectivity index (χ2n) is 4.33. The number of hydrogen-bond acceptors (Lipinski definition) is 3. The first-order valence-electron chi connectivity index (χ1n) is 5.84. The zero-order valence-corrected chi connectivity index (χ0v) is 13.5. The van der Waals surface area contributed by atoms with Crippen molar-refractivity contribution in [2.24, 2.45) is 7.05 Å². The highest BCUT2D eigenvalue weighted by Gasteiger charge is 2.19. The summed E-state index contributed by atoms with van der Waals surface area (Å²) in [6, 6.07) is 4.26. The quantitative estimate of drug-likeness (QED) is 0.867. The van der Waals surface area contributed by atoms with E-state index in [0.717, 1.165) is 0 Å². The molecular formula is C13H11BrClN3O3. The van der Waals surface area contributed by atoms with E-state index in [2.05, 4.69) is 26.3 Å². The minimum absolute atomic E-state index is 0.0743. The minimum Gasteiger partial charge on any atom is -0.478 e. The zero-order valence-electron chi connectivity index (χ0n) is 11.1. The Morgan fingerprint density at radius 1 is 1.43 bits per heavy atom. The molecule has 0 aliphatic carbocycles. The van der Waals surface area contributed by atoms with E-state index in [4.69, 9.17) is 16.7 Å². The van der Waals surface area contributed by atoms with Crippen molar-refractivity contribution in [3.63, 3.8) is 0 Å². The third-order valence-corrected chi connectivity index (χ3v) is 4.10. The molecule has 2 aromatic rings. The molecule has 2 N–H and O–H groups in total. The number of anilines is 1. The lowest BCUT2D eigenvalue weighted by Gasteiger charge is -2.08. The van der Waals surface area contributed by atoms with Crippen LogP contribution < -0.4 is 5.32 Å². The molecule has 0 saturated carbocycles. The predicted molar refractivity (Wildman–Crippen MR) is 82.0 cm³/mol. The van der Waals surface area contributed by atoms with Crippen LogP contribution in [0.2, 0.25) is 5.02 Å². The van der Waals surface area contributed by atoms with Gasteiger partial charge in [0.2, 0.25) is 0 Å². The Labute approximate surface area is 133 Å².